The standard InChI is InChI=1S/C25H18FN3O3S/c26-18-11-5-6-12-19(18)27-21(30)15-33-25-28-22-17-10-4-7-13-20(17)32-23(22)24(31)29(25)14-16-8-2-1-3-9-16/h1-13H,14-15H2,(H,27,30). The number of carbonyl (C=O) groups is 1. The first-order chi connectivity index (χ1) is 16.1. The number of furan rings is 1. The van der Waals surface area contributed by atoms with Gasteiger partial charge in [0.05, 0.1) is 18.0 Å². The van der Waals surface area contributed by atoms with Crippen molar-refractivity contribution < 1.29 is 13.6 Å². The minimum absolute atomic E-state index is 0.0448. The zero-order chi connectivity index (χ0) is 22.8. The van der Waals surface area contributed by atoms with Crippen LogP contribution >= 0.6 is 11.8 Å². The summed E-state index contributed by atoms with van der Waals surface area (Å²) in [6.07, 6.45) is 0. The van der Waals surface area contributed by atoms with Gasteiger partial charge in [0.25, 0.3) is 5.56 Å². The van der Waals surface area contributed by atoms with E-state index in [0.717, 1.165) is 22.7 Å². The third kappa shape index (κ3) is 4.25. The first-order valence-electron chi connectivity index (χ1n) is 10.2. The van der Waals surface area contributed by atoms with Gasteiger partial charge in [-0.15, -0.1) is 0 Å². The van der Waals surface area contributed by atoms with Crippen LogP contribution in [0.4, 0.5) is 10.1 Å². The molecule has 0 atom stereocenters. The third-order valence-electron chi connectivity index (χ3n) is 5.11. The minimum atomic E-state index is -0.513. The molecule has 2 heterocycles. The number of halogens is 1. The summed E-state index contributed by atoms with van der Waals surface area (Å²) in [4.78, 5) is 30.6. The Kier molecular flexibility index (Phi) is 5.66. The maximum absolute atomic E-state index is 13.9. The quantitative estimate of drug-likeness (QED) is 0.284. The van der Waals surface area contributed by atoms with E-state index in [1.165, 1.54) is 16.7 Å². The number of nitrogens with zero attached hydrogens (tertiary/aromatic N) is 2. The van der Waals surface area contributed by atoms with E-state index in [0.29, 0.717) is 16.3 Å². The summed E-state index contributed by atoms with van der Waals surface area (Å²) in [5.41, 5.74) is 1.90. The van der Waals surface area contributed by atoms with E-state index in [-0.39, 0.29) is 29.1 Å². The molecule has 0 fully saturated rings. The largest absolute Gasteiger partial charge is 0.448 e. The normalized spacial score (nSPS) is 11.2. The molecule has 0 spiro atoms. The Morgan fingerprint density at radius 3 is 2.55 bits per heavy atom. The highest BCUT2D eigenvalue weighted by Crippen LogP contribution is 2.27. The molecule has 0 saturated heterocycles. The van der Waals surface area contributed by atoms with E-state index in [1.54, 1.807) is 18.2 Å². The Hall–Kier alpha value is -3.91. The monoisotopic (exact) mass is 459 g/mol. The first kappa shape index (κ1) is 21.0. The van der Waals surface area contributed by atoms with Crippen LogP contribution in [0.15, 0.2) is 93.2 Å². The molecule has 1 N–H and O–H groups in total. The van der Waals surface area contributed by atoms with E-state index in [1.807, 2.05) is 48.5 Å². The molecule has 0 aliphatic carbocycles. The number of benzene rings is 3. The molecule has 0 aliphatic rings. The number of aromatic nitrogens is 2. The number of para-hydroxylation sites is 2. The fourth-order valence-electron chi connectivity index (χ4n) is 3.55. The highest BCUT2D eigenvalue weighted by atomic mass is 32.2. The van der Waals surface area contributed by atoms with E-state index in [4.69, 9.17) is 9.40 Å². The molecule has 6 nitrogen and oxygen atoms in total. The van der Waals surface area contributed by atoms with Gasteiger partial charge in [-0.1, -0.05) is 66.4 Å². The van der Waals surface area contributed by atoms with Gasteiger partial charge in [-0.3, -0.25) is 14.2 Å². The van der Waals surface area contributed by atoms with Crippen LogP contribution in [0.5, 0.6) is 0 Å². The Balaban J connectivity index is 1.51. The van der Waals surface area contributed by atoms with Gasteiger partial charge in [0.1, 0.15) is 16.9 Å². The maximum Gasteiger partial charge on any atom is 0.298 e. The predicted octanol–water partition coefficient (Wildman–Crippen LogP) is 5.06. The Bertz CT molecular complexity index is 1530. The molecule has 8 heteroatoms. The number of hydrogen-bond donors (Lipinski definition) is 1. The summed E-state index contributed by atoms with van der Waals surface area (Å²) < 4.78 is 21.2. The third-order valence-corrected chi connectivity index (χ3v) is 6.09. The summed E-state index contributed by atoms with van der Waals surface area (Å²) in [5.74, 6) is -0.958. The summed E-state index contributed by atoms with van der Waals surface area (Å²) >= 11 is 1.12. The number of amides is 1. The summed E-state index contributed by atoms with van der Waals surface area (Å²) in [7, 11) is 0. The molecule has 0 bridgehead atoms. The highest BCUT2D eigenvalue weighted by Gasteiger charge is 2.19. The second-order valence-electron chi connectivity index (χ2n) is 7.36. The van der Waals surface area contributed by atoms with E-state index < -0.39 is 11.7 Å². The Morgan fingerprint density at radius 2 is 1.73 bits per heavy atom. The molecule has 2 aromatic heterocycles. The number of fused-ring (bicyclic) bond motifs is 3. The molecule has 5 rings (SSSR count). The molecule has 5 aromatic rings. The van der Waals surface area contributed by atoms with Crippen molar-refractivity contribution in [2.45, 2.75) is 11.7 Å². The molecule has 0 saturated carbocycles. The zero-order valence-corrected chi connectivity index (χ0v) is 18.1. The van der Waals surface area contributed by atoms with Crippen molar-refractivity contribution in [1.82, 2.24) is 9.55 Å². The fraction of sp³-hybridized carbons (Fsp3) is 0.0800. The topological polar surface area (TPSA) is 77.1 Å². The number of nitrogens with one attached hydrogen (secondary N) is 1. The van der Waals surface area contributed by atoms with Gasteiger partial charge in [-0.2, -0.15) is 0 Å². The number of carbonyl (C=O) groups excluding carboxylic acids is 1. The van der Waals surface area contributed by atoms with Crippen molar-refractivity contribution >= 4 is 45.4 Å². The Morgan fingerprint density at radius 1 is 1.00 bits per heavy atom. The molecule has 0 radical (unpaired) electrons. The molecule has 1 amide bonds. The fourth-order valence-corrected chi connectivity index (χ4v) is 4.34. The number of thioether (sulfide) groups is 1. The predicted molar refractivity (Wildman–Crippen MR) is 127 cm³/mol. The maximum atomic E-state index is 13.9. The Labute approximate surface area is 192 Å². The van der Waals surface area contributed by atoms with Gasteiger partial charge >= 0.3 is 0 Å². The van der Waals surface area contributed by atoms with Crippen molar-refractivity contribution in [2.75, 3.05) is 11.1 Å². The molecule has 33 heavy (non-hydrogen) atoms. The minimum Gasteiger partial charge on any atom is -0.448 e. The smallest absolute Gasteiger partial charge is 0.298 e. The molecule has 0 unspecified atom stereocenters. The van der Waals surface area contributed by atoms with Crippen molar-refractivity contribution in [1.29, 1.82) is 0 Å². The lowest BCUT2D eigenvalue weighted by Gasteiger charge is -2.12. The number of hydrogen-bond acceptors (Lipinski definition) is 5. The zero-order valence-electron chi connectivity index (χ0n) is 17.3. The van der Waals surface area contributed by atoms with Crippen LogP contribution in [0.1, 0.15) is 5.56 Å². The van der Waals surface area contributed by atoms with Gasteiger partial charge in [0.15, 0.2) is 5.16 Å². The second kappa shape index (κ2) is 8.91. The lowest BCUT2D eigenvalue weighted by atomic mass is 10.2. The lowest BCUT2D eigenvalue weighted by Crippen LogP contribution is -2.24. The first-order valence-corrected chi connectivity index (χ1v) is 11.2. The molecule has 164 valence electrons. The van der Waals surface area contributed by atoms with Gasteiger partial charge in [-0.05, 0) is 29.8 Å². The van der Waals surface area contributed by atoms with Crippen LogP contribution in [-0.2, 0) is 11.3 Å². The van der Waals surface area contributed by atoms with Crippen LogP contribution < -0.4 is 10.9 Å². The van der Waals surface area contributed by atoms with E-state index in [2.05, 4.69) is 5.32 Å². The van der Waals surface area contributed by atoms with Crippen LogP contribution in [0.3, 0.4) is 0 Å². The summed E-state index contributed by atoms with van der Waals surface area (Å²) in [5, 5.41) is 3.67. The van der Waals surface area contributed by atoms with Gasteiger partial charge in [-0.25, -0.2) is 9.37 Å². The summed E-state index contributed by atoms with van der Waals surface area (Å²) in [6, 6.07) is 22.8. The number of rotatable bonds is 6. The average molecular weight is 460 g/mol. The van der Waals surface area contributed by atoms with E-state index >= 15 is 0 Å². The van der Waals surface area contributed by atoms with Crippen LogP contribution in [0, 0.1) is 5.82 Å². The SMILES string of the molecule is O=C(CSc1nc2c(oc3ccccc32)c(=O)n1Cc1ccccc1)Nc1ccccc1F. The van der Waals surface area contributed by atoms with Crippen molar-refractivity contribution in [2.24, 2.45) is 0 Å². The van der Waals surface area contributed by atoms with Crippen molar-refractivity contribution in [3.8, 4) is 0 Å². The van der Waals surface area contributed by atoms with Crippen LogP contribution in [-0.4, -0.2) is 21.2 Å². The molecular formula is C25H18FN3O3S. The van der Waals surface area contributed by atoms with Crippen molar-refractivity contribution in [3.63, 3.8) is 0 Å². The average Bonchev–Trinajstić information content (AvgIpc) is 3.21. The van der Waals surface area contributed by atoms with Crippen LogP contribution in [0.2, 0.25) is 0 Å². The van der Waals surface area contributed by atoms with E-state index in [9.17, 15) is 14.0 Å². The lowest BCUT2D eigenvalue weighted by molar-refractivity contribution is -0.113. The van der Waals surface area contributed by atoms with Gasteiger partial charge in [0.2, 0.25) is 11.5 Å². The number of anilines is 1. The van der Waals surface area contributed by atoms with Gasteiger partial charge in [0, 0.05) is 5.39 Å². The second-order valence-corrected chi connectivity index (χ2v) is 8.31. The van der Waals surface area contributed by atoms with Crippen molar-refractivity contribution in [3.05, 3.63) is 101 Å². The molecular weight excluding hydrogens is 441 g/mol. The van der Waals surface area contributed by atoms with Gasteiger partial charge < -0.3 is 9.73 Å². The van der Waals surface area contributed by atoms with Crippen LogP contribution in [0.25, 0.3) is 22.1 Å². The summed E-state index contributed by atoms with van der Waals surface area (Å²) in [6.45, 7) is 0.275. The molecule has 0 aliphatic heterocycles. The highest BCUT2D eigenvalue weighted by molar-refractivity contribution is 7.99. The molecule has 3 aromatic carbocycles.